The first-order valence-corrected chi connectivity index (χ1v) is 21.1. The summed E-state index contributed by atoms with van der Waals surface area (Å²) in [5, 5.41) is 1.19. The van der Waals surface area contributed by atoms with Gasteiger partial charge in [-0.05, 0) is 143 Å². The lowest BCUT2D eigenvalue weighted by molar-refractivity contribution is 0.547. The lowest BCUT2D eigenvalue weighted by Crippen LogP contribution is -2.26. The SMILES string of the molecule is Cc1cccc(N(c2ccccc2)c2ccc3c(c2)C2(c4cc(N(c5ccccc5)c5cccc(C)c5)ccc4-3)c3ccccc3-c3c2ccc2c4c(oc32)CCC=C4)c1. The van der Waals surface area contributed by atoms with Crippen molar-refractivity contribution >= 4 is 51.2 Å². The summed E-state index contributed by atoms with van der Waals surface area (Å²) < 4.78 is 6.98. The van der Waals surface area contributed by atoms with E-state index in [1.54, 1.807) is 0 Å². The Morgan fingerprint density at radius 2 is 1.00 bits per heavy atom. The van der Waals surface area contributed by atoms with E-state index in [0.717, 1.165) is 58.3 Å². The molecule has 1 heterocycles. The molecule has 3 aliphatic carbocycles. The Labute approximate surface area is 351 Å². The number of benzene rings is 8. The van der Waals surface area contributed by atoms with Crippen molar-refractivity contribution in [3.8, 4) is 22.3 Å². The molecule has 1 aromatic heterocycles. The average Bonchev–Trinajstić information content (AvgIpc) is 3.91. The van der Waals surface area contributed by atoms with Crippen LogP contribution in [0.15, 0.2) is 192 Å². The monoisotopic (exact) mass is 770 g/mol. The summed E-state index contributed by atoms with van der Waals surface area (Å²) >= 11 is 0. The summed E-state index contributed by atoms with van der Waals surface area (Å²) in [6.07, 6.45) is 6.47. The highest BCUT2D eigenvalue weighted by atomic mass is 16.3. The van der Waals surface area contributed by atoms with Crippen LogP contribution < -0.4 is 9.80 Å². The van der Waals surface area contributed by atoms with Crippen molar-refractivity contribution < 1.29 is 4.42 Å². The molecule has 0 fully saturated rings. The Bertz CT molecular complexity index is 3050. The maximum atomic E-state index is 6.98. The Morgan fingerprint density at radius 3 is 1.60 bits per heavy atom. The zero-order chi connectivity index (χ0) is 40.0. The van der Waals surface area contributed by atoms with Crippen LogP contribution in [0.25, 0.3) is 39.3 Å². The predicted molar refractivity (Wildman–Crippen MR) is 249 cm³/mol. The molecule has 0 bridgehead atoms. The van der Waals surface area contributed by atoms with E-state index >= 15 is 0 Å². The van der Waals surface area contributed by atoms with Crippen molar-refractivity contribution in [1.29, 1.82) is 0 Å². The fraction of sp³-hybridized carbons (Fsp3) is 0.0877. The van der Waals surface area contributed by atoms with Crippen molar-refractivity contribution in [3.05, 3.63) is 233 Å². The van der Waals surface area contributed by atoms with Crippen LogP contribution >= 0.6 is 0 Å². The van der Waals surface area contributed by atoms with Crippen molar-refractivity contribution in [2.45, 2.75) is 32.1 Å². The predicted octanol–water partition coefficient (Wildman–Crippen LogP) is 15.3. The largest absolute Gasteiger partial charge is 0.460 e. The molecule has 0 amide bonds. The molecule has 3 heteroatoms. The molecule has 8 aromatic carbocycles. The highest BCUT2D eigenvalue weighted by molar-refractivity contribution is 6.07. The minimum absolute atomic E-state index is 0.621. The van der Waals surface area contributed by atoms with Gasteiger partial charge in [0, 0.05) is 57.1 Å². The smallest absolute Gasteiger partial charge is 0.143 e. The van der Waals surface area contributed by atoms with E-state index in [2.05, 4.69) is 218 Å². The van der Waals surface area contributed by atoms with Crippen LogP contribution in [0.1, 0.15) is 51.1 Å². The molecule has 1 spiro atoms. The lowest BCUT2D eigenvalue weighted by atomic mass is 9.70. The summed E-state index contributed by atoms with van der Waals surface area (Å²) in [6.45, 7) is 4.34. The van der Waals surface area contributed by atoms with Crippen molar-refractivity contribution in [3.63, 3.8) is 0 Å². The number of nitrogens with zero attached hydrogens (tertiary/aromatic N) is 2. The summed E-state index contributed by atoms with van der Waals surface area (Å²) in [6, 6.07) is 67.4. The molecule has 9 aromatic rings. The minimum Gasteiger partial charge on any atom is -0.460 e. The number of hydrogen-bond acceptors (Lipinski definition) is 3. The lowest BCUT2D eigenvalue weighted by Gasteiger charge is -2.33. The quantitative estimate of drug-likeness (QED) is 0.168. The van der Waals surface area contributed by atoms with E-state index in [1.165, 1.54) is 66.6 Å². The van der Waals surface area contributed by atoms with Crippen LogP contribution in [0, 0.1) is 13.8 Å². The van der Waals surface area contributed by atoms with Gasteiger partial charge < -0.3 is 14.2 Å². The molecule has 0 aliphatic heterocycles. The second-order valence-electron chi connectivity index (χ2n) is 16.5. The molecular formula is C57H42N2O. The third-order valence-electron chi connectivity index (χ3n) is 13.0. The zero-order valence-electron chi connectivity index (χ0n) is 33.7. The Kier molecular flexibility index (Phi) is 7.71. The van der Waals surface area contributed by atoms with Gasteiger partial charge in [-0.3, -0.25) is 0 Å². The van der Waals surface area contributed by atoms with Gasteiger partial charge in [0.15, 0.2) is 0 Å². The fourth-order valence-corrected chi connectivity index (χ4v) is 10.5. The first kappa shape index (κ1) is 34.7. The molecule has 3 nitrogen and oxygen atoms in total. The third-order valence-corrected chi connectivity index (χ3v) is 13.0. The van der Waals surface area contributed by atoms with E-state index in [9.17, 15) is 0 Å². The van der Waals surface area contributed by atoms with E-state index in [1.807, 2.05) is 0 Å². The van der Waals surface area contributed by atoms with Crippen LogP contribution in [0.4, 0.5) is 34.1 Å². The van der Waals surface area contributed by atoms with Gasteiger partial charge in [-0.2, -0.15) is 0 Å². The minimum atomic E-state index is -0.621. The molecule has 0 radical (unpaired) electrons. The molecule has 0 saturated carbocycles. The molecule has 0 N–H and O–H groups in total. The first-order chi connectivity index (χ1) is 29.6. The van der Waals surface area contributed by atoms with Crippen LogP contribution in [0.5, 0.6) is 0 Å². The standard InChI is InChI=1S/C57H42N2O/c1-37-15-13-21-41(33-37)58(39-17-5-3-6-18-39)43-27-29-45-46-30-28-44(59(40-19-7-4-8-20-40)42-22-14-16-38(2)34-42)36-53(46)57(52(45)35-43)50-25-11-9-24-49(50)55-51(57)32-31-48-47-23-10-12-26-54(47)60-56(48)55/h3-11,13-25,27-36H,12,26H2,1-2H3. The summed E-state index contributed by atoms with van der Waals surface area (Å²) in [5.74, 6) is 1.09. The number of hydrogen-bond donors (Lipinski definition) is 0. The van der Waals surface area contributed by atoms with Gasteiger partial charge in [0.2, 0.25) is 0 Å². The molecule has 3 aliphatic rings. The normalized spacial score (nSPS) is 13.8. The van der Waals surface area contributed by atoms with Crippen molar-refractivity contribution in [1.82, 2.24) is 0 Å². The first-order valence-electron chi connectivity index (χ1n) is 21.1. The third kappa shape index (κ3) is 5.02. The van der Waals surface area contributed by atoms with Gasteiger partial charge in [-0.15, -0.1) is 0 Å². The second kappa shape index (κ2) is 13.3. The average molecular weight is 771 g/mol. The van der Waals surface area contributed by atoms with Gasteiger partial charge >= 0.3 is 0 Å². The van der Waals surface area contributed by atoms with Crippen molar-refractivity contribution in [2.75, 3.05) is 9.80 Å². The van der Waals surface area contributed by atoms with E-state index < -0.39 is 5.41 Å². The maximum Gasteiger partial charge on any atom is 0.143 e. The highest BCUT2D eigenvalue weighted by Crippen LogP contribution is 2.65. The Hall–Kier alpha value is -7.36. The van der Waals surface area contributed by atoms with Crippen LogP contribution in [0.2, 0.25) is 0 Å². The van der Waals surface area contributed by atoms with Gasteiger partial charge in [0.1, 0.15) is 11.3 Å². The summed E-state index contributed by atoms with van der Waals surface area (Å²) in [5.41, 5.74) is 20.9. The summed E-state index contributed by atoms with van der Waals surface area (Å²) in [4.78, 5) is 4.81. The van der Waals surface area contributed by atoms with Gasteiger partial charge in [-0.25, -0.2) is 0 Å². The Morgan fingerprint density at radius 1 is 0.450 bits per heavy atom. The van der Waals surface area contributed by atoms with Crippen molar-refractivity contribution in [2.24, 2.45) is 0 Å². The second-order valence-corrected chi connectivity index (χ2v) is 16.5. The molecule has 12 rings (SSSR count). The number of fused-ring (bicyclic) bond motifs is 14. The van der Waals surface area contributed by atoms with E-state index in [4.69, 9.17) is 4.42 Å². The highest BCUT2D eigenvalue weighted by Gasteiger charge is 2.53. The number of allylic oxidation sites excluding steroid dienone is 1. The molecule has 0 unspecified atom stereocenters. The van der Waals surface area contributed by atoms with Gasteiger partial charge in [-0.1, -0.05) is 121 Å². The number of furan rings is 1. The van der Waals surface area contributed by atoms with Gasteiger partial charge in [0.25, 0.3) is 0 Å². The summed E-state index contributed by atoms with van der Waals surface area (Å²) in [7, 11) is 0. The molecule has 0 atom stereocenters. The number of para-hydroxylation sites is 2. The Balaban J connectivity index is 1.17. The van der Waals surface area contributed by atoms with Gasteiger partial charge in [0.05, 0.1) is 5.41 Å². The molecule has 286 valence electrons. The molecule has 60 heavy (non-hydrogen) atoms. The molecular weight excluding hydrogens is 729 g/mol. The van der Waals surface area contributed by atoms with E-state index in [0.29, 0.717) is 0 Å². The fourth-order valence-electron chi connectivity index (χ4n) is 10.5. The zero-order valence-corrected chi connectivity index (χ0v) is 33.7. The topological polar surface area (TPSA) is 19.6 Å². The number of rotatable bonds is 6. The molecule has 0 saturated heterocycles. The van der Waals surface area contributed by atoms with Crippen LogP contribution in [0.3, 0.4) is 0 Å². The number of aryl methyl sites for hydroxylation is 3. The van der Waals surface area contributed by atoms with E-state index in [-0.39, 0.29) is 0 Å². The van der Waals surface area contributed by atoms with Crippen LogP contribution in [-0.2, 0) is 11.8 Å². The number of anilines is 6. The maximum absolute atomic E-state index is 6.98. The van der Waals surface area contributed by atoms with Crippen LogP contribution in [-0.4, -0.2) is 0 Å².